The highest BCUT2D eigenvalue weighted by molar-refractivity contribution is 6.77. The molecule has 1 unspecified atom stereocenters. The standard InChI is InChI=1S/C10H12BN3O.C2H6/c12-7-11(14)9-3-1-8(2-4-9)5-10(13)6-15;1-2/h1-4,6,10H,5,13-14H2;1-2H3. The van der Waals surface area contributed by atoms with Crippen LogP contribution >= 0.6 is 0 Å². The number of nitriles is 1. The minimum Gasteiger partial charge on any atom is -0.353 e. The molecule has 0 aliphatic heterocycles. The largest absolute Gasteiger partial charge is 0.376 e. The Morgan fingerprint density at radius 2 is 1.94 bits per heavy atom. The number of carbonyl (C=O) groups is 1. The number of hydrogen-bond acceptors (Lipinski definition) is 4. The fourth-order valence-corrected chi connectivity index (χ4v) is 1.26. The molecule has 0 saturated heterocycles. The van der Waals surface area contributed by atoms with Crippen LogP contribution in [0.25, 0.3) is 0 Å². The molecule has 0 heterocycles. The molecule has 0 aliphatic carbocycles. The fraction of sp³-hybridized carbons (Fsp3) is 0.333. The molecule has 1 aromatic carbocycles. The maximum Gasteiger partial charge on any atom is 0.376 e. The second-order valence-electron chi connectivity index (χ2n) is 3.35. The molecule has 4 nitrogen and oxygen atoms in total. The summed E-state index contributed by atoms with van der Waals surface area (Å²) in [7, 11) is 0. The first-order valence-electron chi connectivity index (χ1n) is 5.62. The van der Waals surface area contributed by atoms with Crippen molar-refractivity contribution in [2.45, 2.75) is 26.3 Å². The van der Waals surface area contributed by atoms with E-state index < -0.39 is 12.9 Å². The fourth-order valence-electron chi connectivity index (χ4n) is 1.26. The Bertz CT molecular complexity index is 372. The first-order chi connectivity index (χ1) is 8.17. The van der Waals surface area contributed by atoms with E-state index in [1.807, 2.05) is 31.9 Å². The molecule has 0 bridgehead atoms. The Morgan fingerprint density at radius 3 is 2.35 bits per heavy atom. The van der Waals surface area contributed by atoms with Gasteiger partial charge in [0.15, 0.2) is 0 Å². The average Bonchev–Trinajstić information content (AvgIpc) is 2.40. The highest BCUT2D eigenvalue weighted by Gasteiger charge is 2.10. The van der Waals surface area contributed by atoms with Gasteiger partial charge in [-0.25, -0.2) is 5.26 Å². The minimum absolute atomic E-state index is 0.472. The van der Waals surface area contributed by atoms with E-state index in [9.17, 15) is 4.79 Å². The summed E-state index contributed by atoms with van der Waals surface area (Å²) >= 11 is 0. The number of hydrogen-bond donors (Lipinski definition) is 2. The monoisotopic (exact) mass is 231 g/mol. The van der Waals surface area contributed by atoms with E-state index in [2.05, 4.69) is 0 Å². The molecule has 90 valence electrons. The quantitative estimate of drug-likeness (QED) is 0.563. The Labute approximate surface area is 103 Å². The van der Waals surface area contributed by atoms with E-state index >= 15 is 0 Å². The van der Waals surface area contributed by atoms with Crippen molar-refractivity contribution < 1.29 is 4.79 Å². The second kappa shape index (κ2) is 8.51. The van der Waals surface area contributed by atoms with Crippen LogP contribution in [0.15, 0.2) is 24.3 Å². The summed E-state index contributed by atoms with van der Waals surface area (Å²) in [6, 6.07) is 6.74. The summed E-state index contributed by atoms with van der Waals surface area (Å²) < 4.78 is 0. The van der Waals surface area contributed by atoms with Crippen molar-refractivity contribution in [2.75, 3.05) is 0 Å². The molecule has 0 aliphatic rings. The number of benzene rings is 1. The number of rotatable bonds is 4. The molecule has 0 aromatic heterocycles. The summed E-state index contributed by atoms with van der Waals surface area (Å²) in [5, 5.41) is 8.60. The Hall–Kier alpha value is -1.64. The predicted molar refractivity (Wildman–Crippen MR) is 70.7 cm³/mol. The lowest BCUT2D eigenvalue weighted by Crippen LogP contribution is -2.38. The normalized spacial score (nSPS) is 10.5. The van der Waals surface area contributed by atoms with Gasteiger partial charge in [0, 0.05) is 5.97 Å². The number of nitrogens with two attached hydrogens (primary N) is 2. The second-order valence-corrected chi connectivity index (χ2v) is 3.35. The van der Waals surface area contributed by atoms with Crippen molar-refractivity contribution in [1.82, 2.24) is 0 Å². The Morgan fingerprint density at radius 1 is 1.41 bits per heavy atom. The predicted octanol–water partition coefficient (Wildman–Crippen LogP) is 0.00148. The van der Waals surface area contributed by atoms with Gasteiger partial charge in [0.1, 0.15) is 6.29 Å². The van der Waals surface area contributed by atoms with Gasteiger partial charge in [-0.2, -0.15) is 0 Å². The van der Waals surface area contributed by atoms with Crippen LogP contribution in [0.4, 0.5) is 0 Å². The first-order valence-corrected chi connectivity index (χ1v) is 5.62. The van der Waals surface area contributed by atoms with Crippen LogP contribution in [-0.4, -0.2) is 19.2 Å². The van der Waals surface area contributed by atoms with Gasteiger partial charge in [-0.05, 0) is 17.4 Å². The van der Waals surface area contributed by atoms with Gasteiger partial charge in [0.2, 0.25) is 0 Å². The highest BCUT2D eigenvalue weighted by Crippen LogP contribution is 1.99. The number of aldehydes is 1. The van der Waals surface area contributed by atoms with E-state index in [-0.39, 0.29) is 0 Å². The molecule has 0 spiro atoms. The summed E-state index contributed by atoms with van der Waals surface area (Å²) in [5.74, 6) is 1.95. The maximum absolute atomic E-state index is 10.3. The van der Waals surface area contributed by atoms with Gasteiger partial charge in [0.05, 0.1) is 6.04 Å². The van der Waals surface area contributed by atoms with Crippen LogP contribution in [0, 0.1) is 11.2 Å². The molecule has 1 rings (SSSR count). The molecule has 4 N–H and O–H groups in total. The van der Waals surface area contributed by atoms with Crippen LogP contribution in [0.1, 0.15) is 19.4 Å². The lowest BCUT2D eigenvalue weighted by molar-refractivity contribution is -0.108. The lowest BCUT2D eigenvalue weighted by Gasteiger charge is -2.05. The van der Waals surface area contributed by atoms with Crippen LogP contribution < -0.4 is 16.8 Å². The maximum atomic E-state index is 10.3. The molecule has 1 aromatic rings. The van der Waals surface area contributed by atoms with Gasteiger partial charge in [-0.15, -0.1) is 0 Å². The summed E-state index contributed by atoms with van der Waals surface area (Å²) in [6.07, 6.45) is 1.22. The Kier molecular flexibility index (Phi) is 7.69. The van der Waals surface area contributed by atoms with Crippen molar-refractivity contribution >= 4 is 18.6 Å². The number of nitrogens with zero attached hydrogens (tertiary/aromatic N) is 1. The van der Waals surface area contributed by atoms with E-state index in [4.69, 9.17) is 16.6 Å². The zero-order valence-corrected chi connectivity index (χ0v) is 10.3. The van der Waals surface area contributed by atoms with Crippen LogP contribution in [0.2, 0.25) is 0 Å². The molecular formula is C12H18BN3O. The van der Waals surface area contributed by atoms with Crippen molar-refractivity contribution in [3.8, 4) is 5.97 Å². The third-order valence-corrected chi connectivity index (χ3v) is 2.12. The van der Waals surface area contributed by atoms with Gasteiger partial charge in [-0.3, -0.25) is 0 Å². The summed E-state index contributed by atoms with van der Waals surface area (Å²) in [5.41, 5.74) is 12.7. The SMILES string of the molecule is CC.N#CB(N)c1ccc(CC(N)C=O)cc1. The zero-order chi connectivity index (χ0) is 13.3. The molecule has 0 amide bonds. The number of carbonyl (C=O) groups excluding carboxylic acids is 1. The summed E-state index contributed by atoms with van der Waals surface area (Å²) in [4.78, 5) is 10.3. The minimum atomic E-state index is -0.598. The third kappa shape index (κ3) is 5.30. The molecule has 0 radical (unpaired) electrons. The smallest absolute Gasteiger partial charge is 0.353 e. The molecule has 0 fully saturated rings. The zero-order valence-electron chi connectivity index (χ0n) is 10.3. The van der Waals surface area contributed by atoms with Crippen LogP contribution in [0.3, 0.4) is 0 Å². The van der Waals surface area contributed by atoms with E-state index in [1.54, 1.807) is 12.1 Å². The van der Waals surface area contributed by atoms with Gasteiger partial charge < -0.3 is 16.2 Å². The van der Waals surface area contributed by atoms with Crippen molar-refractivity contribution in [3.63, 3.8) is 0 Å². The van der Waals surface area contributed by atoms with Crippen molar-refractivity contribution in [3.05, 3.63) is 29.8 Å². The molecule has 0 saturated carbocycles. The van der Waals surface area contributed by atoms with Crippen LogP contribution in [-0.2, 0) is 11.2 Å². The molecular weight excluding hydrogens is 213 g/mol. The third-order valence-electron chi connectivity index (χ3n) is 2.12. The molecule has 5 heteroatoms. The Balaban J connectivity index is 0.00000121. The van der Waals surface area contributed by atoms with E-state index in [1.165, 1.54) is 0 Å². The summed E-state index contributed by atoms with van der Waals surface area (Å²) in [6.45, 7) is 3.40. The van der Waals surface area contributed by atoms with Gasteiger partial charge >= 0.3 is 6.85 Å². The first kappa shape index (κ1) is 15.4. The van der Waals surface area contributed by atoms with E-state index in [0.29, 0.717) is 6.42 Å². The molecule has 17 heavy (non-hydrogen) atoms. The van der Waals surface area contributed by atoms with Crippen LogP contribution in [0.5, 0.6) is 0 Å². The van der Waals surface area contributed by atoms with Crippen molar-refractivity contribution in [2.24, 2.45) is 11.4 Å². The van der Waals surface area contributed by atoms with Gasteiger partial charge in [0.25, 0.3) is 0 Å². The molecule has 1 atom stereocenters. The van der Waals surface area contributed by atoms with Crippen molar-refractivity contribution in [1.29, 1.82) is 5.26 Å². The van der Waals surface area contributed by atoms with Gasteiger partial charge in [-0.1, -0.05) is 38.1 Å². The highest BCUT2D eigenvalue weighted by atomic mass is 16.1. The van der Waals surface area contributed by atoms with E-state index in [0.717, 1.165) is 17.3 Å². The topological polar surface area (TPSA) is 92.9 Å². The lowest BCUT2D eigenvalue weighted by atomic mass is 9.59. The average molecular weight is 231 g/mol.